The maximum Gasteiger partial charge on any atom is 0.341 e. The van der Waals surface area contributed by atoms with Gasteiger partial charge in [-0.1, -0.05) is 0 Å². The average Bonchev–Trinajstić information content (AvgIpc) is 2.30. The molecule has 0 bridgehead atoms. The SMILES string of the molecule is CC(C)(COC(=O)c1cc(N)c(F)cc1F)C(=O)O. The predicted molar refractivity (Wildman–Crippen MR) is 62.5 cm³/mol. The monoisotopic (exact) mass is 273 g/mol. The molecule has 104 valence electrons. The van der Waals surface area contributed by atoms with E-state index in [0.29, 0.717) is 6.07 Å². The van der Waals surface area contributed by atoms with E-state index >= 15 is 0 Å². The van der Waals surface area contributed by atoms with Crippen molar-refractivity contribution in [2.75, 3.05) is 12.3 Å². The van der Waals surface area contributed by atoms with E-state index in [0.717, 1.165) is 6.07 Å². The molecule has 1 rings (SSSR count). The van der Waals surface area contributed by atoms with Crippen molar-refractivity contribution < 1.29 is 28.2 Å². The second-order valence-corrected chi connectivity index (χ2v) is 4.62. The maximum atomic E-state index is 13.3. The van der Waals surface area contributed by atoms with Gasteiger partial charge in [0.15, 0.2) is 0 Å². The Hall–Kier alpha value is -2.18. The molecule has 5 nitrogen and oxygen atoms in total. The van der Waals surface area contributed by atoms with Crippen LogP contribution in [0.3, 0.4) is 0 Å². The fraction of sp³-hybridized carbons (Fsp3) is 0.333. The summed E-state index contributed by atoms with van der Waals surface area (Å²) in [4.78, 5) is 22.4. The van der Waals surface area contributed by atoms with Crippen LogP contribution in [0.5, 0.6) is 0 Å². The van der Waals surface area contributed by atoms with Gasteiger partial charge in [-0.05, 0) is 19.9 Å². The molecule has 0 unspecified atom stereocenters. The third kappa shape index (κ3) is 3.40. The maximum absolute atomic E-state index is 13.3. The van der Waals surface area contributed by atoms with Gasteiger partial charge in [-0.3, -0.25) is 4.79 Å². The van der Waals surface area contributed by atoms with Crippen molar-refractivity contribution in [1.82, 2.24) is 0 Å². The van der Waals surface area contributed by atoms with Gasteiger partial charge >= 0.3 is 11.9 Å². The molecule has 0 fully saturated rings. The first-order valence-electron chi connectivity index (χ1n) is 5.30. The van der Waals surface area contributed by atoms with Crippen LogP contribution in [0.2, 0.25) is 0 Å². The Morgan fingerprint density at radius 3 is 2.42 bits per heavy atom. The zero-order chi connectivity index (χ0) is 14.8. The van der Waals surface area contributed by atoms with Crippen LogP contribution in [0.15, 0.2) is 12.1 Å². The van der Waals surface area contributed by atoms with E-state index in [1.54, 1.807) is 0 Å². The molecular formula is C12H13F2NO4. The third-order valence-corrected chi connectivity index (χ3v) is 2.45. The summed E-state index contributed by atoms with van der Waals surface area (Å²) in [6.45, 7) is 2.24. The van der Waals surface area contributed by atoms with Gasteiger partial charge in [0.1, 0.15) is 18.2 Å². The van der Waals surface area contributed by atoms with E-state index in [9.17, 15) is 18.4 Å². The van der Waals surface area contributed by atoms with Crippen LogP contribution in [0.25, 0.3) is 0 Å². The first-order chi connectivity index (χ1) is 8.65. The number of rotatable bonds is 4. The highest BCUT2D eigenvalue weighted by Crippen LogP contribution is 2.20. The first kappa shape index (κ1) is 14.9. The minimum Gasteiger partial charge on any atom is -0.481 e. The Bertz CT molecular complexity index is 529. The van der Waals surface area contributed by atoms with E-state index in [2.05, 4.69) is 0 Å². The fourth-order valence-electron chi connectivity index (χ4n) is 1.11. The van der Waals surface area contributed by atoms with Gasteiger partial charge < -0.3 is 15.6 Å². The van der Waals surface area contributed by atoms with Gasteiger partial charge in [0, 0.05) is 6.07 Å². The zero-order valence-corrected chi connectivity index (χ0v) is 10.4. The van der Waals surface area contributed by atoms with Crippen LogP contribution in [0.1, 0.15) is 24.2 Å². The van der Waals surface area contributed by atoms with E-state index in [-0.39, 0.29) is 0 Å². The van der Waals surface area contributed by atoms with Crippen LogP contribution in [-0.4, -0.2) is 23.7 Å². The summed E-state index contributed by atoms with van der Waals surface area (Å²) >= 11 is 0. The minimum atomic E-state index is -1.31. The summed E-state index contributed by atoms with van der Waals surface area (Å²) in [6, 6.07) is 1.27. The summed E-state index contributed by atoms with van der Waals surface area (Å²) in [7, 11) is 0. The zero-order valence-electron chi connectivity index (χ0n) is 10.4. The van der Waals surface area contributed by atoms with Gasteiger partial charge in [0.25, 0.3) is 0 Å². The van der Waals surface area contributed by atoms with E-state index in [1.807, 2.05) is 0 Å². The minimum absolute atomic E-state index is 0.397. The summed E-state index contributed by atoms with van der Waals surface area (Å²) in [5, 5.41) is 8.82. The second kappa shape index (κ2) is 5.21. The molecule has 0 saturated heterocycles. The molecule has 19 heavy (non-hydrogen) atoms. The van der Waals surface area contributed by atoms with E-state index in [4.69, 9.17) is 15.6 Å². The van der Waals surface area contributed by atoms with Crippen molar-refractivity contribution in [3.63, 3.8) is 0 Å². The molecule has 0 atom stereocenters. The number of hydrogen-bond donors (Lipinski definition) is 2. The number of benzene rings is 1. The molecule has 0 heterocycles. The summed E-state index contributed by atoms with van der Waals surface area (Å²) in [6.07, 6.45) is 0. The number of nitrogen functional groups attached to an aromatic ring is 1. The lowest BCUT2D eigenvalue weighted by atomic mass is 9.95. The fourth-order valence-corrected chi connectivity index (χ4v) is 1.11. The molecule has 7 heteroatoms. The Balaban J connectivity index is 2.86. The van der Waals surface area contributed by atoms with Crippen LogP contribution in [0.4, 0.5) is 14.5 Å². The summed E-state index contributed by atoms with van der Waals surface area (Å²) < 4.78 is 30.9. The topological polar surface area (TPSA) is 89.6 Å². The lowest BCUT2D eigenvalue weighted by Crippen LogP contribution is -2.30. The van der Waals surface area contributed by atoms with E-state index in [1.165, 1.54) is 13.8 Å². The number of carboxylic acids is 1. The molecule has 3 N–H and O–H groups in total. The molecule has 0 aliphatic rings. The van der Waals surface area contributed by atoms with Crippen molar-refractivity contribution in [1.29, 1.82) is 0 Å². The molecule has 1 aromatic carbocycles. The third-order valence-electron chi connectivity index (χ3n) is 2.45. The molecule has 0 radical (unpaired) electrons. The molecular weight excluding hydrogens is 260 g/mol. The number of anilines is 1. The quantitative estimate of drug-likeness (QED) is 0.645. The van der Waals surface area contributed by atoms with Crippen LogP contribution in [-0.2, 0) is 9.53 Å². The number of carboxylic acid groups (broad SMARTS) is 1. The Labute approximate surface area is 108 Å². The second-order valence-electron chi connectivity index (χ2n) is 4.62. The number of aliphatic carboxylic acids is 1. The summed E-state index contributed by atoms with van der Waals surface area (Å²) in [5.41, 5.74) is 2.97. The first-order valence-corrected chi connectivity index (χ1v) is 5.30. The van der Waals surface area contributed by atoms with Crippen LogP contribution in [0, 0.1) is 17.0 Å². The number of esters is 1. The smallest absolute Gasteiger partial charge is 0.341 e. The van der Waals surface area contributed by atoms with E-state index < -0.39 is 46.8 Å². The van der Waals surface area contributed by atoms with Crippen molar-refractivity contribution >= 4 is 17.6 Å². The number of carbonyl (C=O) groups is 2. The van der Waals surface area contributed by atoms with Crippen LogP contribution >= 0.6 is 0 Å². The van der Waals surface area contributed by atoms with Crippen molar-refractivity contribution in [2.45, 2.75) is 13.8 Å². The number of carbonyl (C=O) groups excluding carboxylic acids is 1. The normalized spacial score (nSPS) is 11.2. The highest BCUT2D eigenvalue weighted by Gasteiger charge is 2.29. The Morgan fingerprint density at radius 2 is 1.89 bits per heavy atom. The largest absolute Gasteiger partial charge is 0.481 e. The molecule has 0 amide bonds. The van der Waals surface area contributed by atoms with Gasteiger partial charge in [-0.15, -0.1) is 0 Å². The lowest BCUT2D eigenvalue weighted by molar-refractivity contribution is -0.149. The molecule has 0 aliphatic carbocycles. The van der Waals surface area contributed by atoms with Crippen LogP contribution < -0.4 is 5.73 Å². The standard InChI is InChI=1S/C12H13F2NO4/c1-12(2,11(17)18)5-19-10(16)6-3-9(15)8(14)4-7(6)13/h3-4H,5,15H2,1-2H3,(H,17,18). The lowest BCUT2D eigenvalue weighted by Gasteiger charge is -2.18. The molecule has 0 saturated carbocycles. The van der Waals surface area contributed by atoms with Gasteiger partial charge in [-0.2, -0.15) is 0 Å². The van der Waals surface area contributed by atoms with Crippen molar-refractivity contribution in [3.8, 4) is 0 Å². The Kier molecular flexibility index (Phi) is 4.08. The summed E-state index contributed by atoms with van der Waals surface area (Å²) in [5.74, 6) is -4.37. The molecule has 1 aromatic rings. The molecule has 0 spiro atoms. The number of hydrogen-bond acceptors (Lipinski definition) is 4. The number of nitrogens with two attached hydrogens (primary N) is 1. The molecule has 0 aliphatic heterocycles. The van der Waals surface area contributed by atoms with Gasteiger partial charge in [0.2, 0.25) is 0 Å². The highest BCUT2D eigenvalue weighted by molar-refractivity contribution is 5.91. The number of ether oxygens (including phenoxy) is 1. The molecule has 0 aromatic heterocycles. The van der Waals surface area contributed by atoms with Gasteiger partial charge in [0.05, 0.1) is 16.7 Å². The highest BCUT2D eigenvalue weighted by atomic mass is 19.1. The Morgan fingerprint density at radius 1 is 1.32 bits per heavy atom. The van der Waals surface area contributed by atoms with Gasteiger partial charge in [-0.25, -0.2) is 13.6 Å². The van der Waals surface area contributed by atoms with Crippen molar-refractivity contribution in [3.05, 3.63) is 29.3 Å². The average molecular weight is 273 g/mol. The predicted octanol–water partition coefficient (Wildman–Crippen LogP) is 1.81. The van der Waals surface area contributed by atoms with Crippen molar-refractivity contribution in [2.24, 2.45) is 5.41 Å². The number of halogens is 2.